The fraction of sp³-hybridized carbons (Fsp3) is 1.00. The minimum atomic E-state index is -0.590. The Balaban J connectivity index is 3.28. The standard InChI is InChI=1S/C7H19N3O/c1-10-7(11)6(9)4-2-3-5-8/h6-7,10-11H,2-5,8-9H2,1H3/t6-,7?/m0/s1. The van der Waals surface area contributed by atoms with Crippen LogP contribution in [0, 0.1) is 0 Å². The first-order valence-corrected chi connectivity index (χ1v) is 4.03. The summed E-state index contributed by atoms with van der Waals surface area (Å²) in [6, 6.07) is -0.174. The van der Waals surface area contributed by atoms with Gasteiger partial charge in [-0.2, -0.15) is 0 Å². The first-order valence-electron chi connectivity index (χ1n) is 4.03. The highest BCUT2D eigenvalue weighted by Gasteiger charge is 2.10. The summed E-state index contributed by atoms with van der Waals surface area (Å²) in [6.45, 7) is 0.697. The zero-order chi connectivity index (χ0) is 8.69. The van der Waals surface area contributed by atoms with Crippen molar-refractivity contribution in [2.45, 2.75) is 31.5 Å². The fourth-order valence-electron chi connectivity index (χ4n) is 0.896. The highest BCUT2D eigenvalue weighted by molar-refractivity contribution is 4.67. The Morgan fingerprint density at radius 1 is 1.45 bits per heavy atom. The lowest BCUT2D eigenvalue weighted by Crippen LogP contribution is -2.43. The second-order valence-corrected chi connectivity index (χ2v) is 2.68. The number of rotatable bonds is 6. The van der Waals surface area contributed by atoms with Gasteiger partial charge in [0, 0.05) is 6.04 Å². The Kier molecular flexibility index (Phi) is 6.45. The third kappa shape index (κ3) is 5.15. The molecule has 11 heavy (non-hydrogen) atoms. The van der Waals surface area contributed by atoms with E-state index in [1.807, 2.05) is 0 Å². The first-order chi connectivity index (χ1) is 5.22. The van der Waals surface area contributed by atoms with E-state index in [0.717, 1.165) is 19.3 Å². The molecule has 0 aliphatic rings. The van der Waals surface area contributed by atoms with Crippen LogP contribution in [0.5, 0.6) is 0 Å². The summed E-state index contributed by atoms with van der Waals surface area (Å²) >= 11 is 0. The van der Waals surface area contributed by atoms with Crippen molar-refractivity contribution in [1.82, 2.24) is 5.32 Å². The lowest BCUT2D eigenvalue weighted by Gasteiger charge is -2.17. The first kappa shape index (κ1) is 10.8. The second kappa shape index (κ2) is 6.54. The summed E-state index contributed by atoms with van der Waals surface area (Å²) in [5.41, 5.74) is 10.9. The van der Waals surface area contributed by atoms with Crippen LogP contribution in [-0.2, 0) is 0 Å². The SMILES string of the molecule is CNC(O)[C@@H](N)CCCCN. The third-order valence-electron chi connectivity index (χ3n) is 1.69. The molecule has 0 aromatic heterocycles. The van der Waals surface area contributed by atoms with Crippen molar-refractivity contribution in [3.05, 3.63) is 0 Å². The molecule has 0 amide bonds. The Morgan fingerprint density at radius 2 is 2.09 bits per heavy atom. The Hall–Kier alpha value is -0.160. The van der Waals surface area contributed by atoms with Crippen LogP contribution in [-0.4, -0.2) is 31.0 Å². The van der Waals surface area contributed by atoms with E-state index in [1.165, 1.54) is 0 Å². The number of aliphatic hydroxyl groups is 1. The smallest absolute Gasteiger partial charge is 0.119 e. The summed E-state index contributed by atoms with van der Waals surface area (Å²) in [5.74, 6) is 0. The van der Waals surface area contributed by atoms with Gasteiger partial charge in [0.05, 0.1) is 0 Å². The minimum absolute atomic E-state index is 0.174. The van der Waals surface area contributed by atoms with Gasteiger partial charge in [0.1, 0.15) is 6.23 Å². The fourth-order valence-corrected chi connectivity index (χ4v) is 0.896. The number of nitrogens with one attached hydrogen (secondary N) is 1. The quantitative estimate of drug-likeness (QED) is 0.297. The molecule has 0 saturated carbocycles. The van der Waals surface area contributed by atoms with Gasteiger partial charge in [0.25, 0.3) is 0 Å². The Bertz CT molecular complexity index is 89.8. The minimum Gasteiger partial charge on any atom is -0.377 e. The van der Waals surface area contributed by atoms with Gasteiger partial charge in [-0.05, 0) is 26.4 Å². The summed E-state index contributed by atoms with van der Waals surface area (Å²) in [7, 11) is 1.69. The Morgan fingerprint density at radius 3 is 2.55 bits per heavy atom. The average molecular weight is 161 g/mol. The van der Waals surface area contributed by atoms with Gasteiger partial charge in [-0.25, -0.2) is 0 Å². The number of aliphatic hydroxyl groups excluding tert-OH is 1. The largest absolute Gasteiger partial charge is 0.377 e. The van der Waals surface area contributed by atoms with Crippen molar-refractivity contribution in [3.63, 3.8) is 0 Å². The van der Waals surface area contributed by atoms with Gasteiger partial charge >= 0.3 is 0 Å². The van der Waals surface area contributed by atoms with Gasteiger partial charge in [-0.15, -0.1) is 0 Å². The van der Waals surface area contributed by atoms with Crippen LogP contribution in [0.4, 0.5) is 0 Å². The van der Waals surface area contributed by atoms with E-state index in [1.54, 1.807) is 7.05 Å². The van der Waals surface area contributed by atoms with Crippen LogP contribution in [0.2, 0.25) is 0 Å². The zero-order valence-corrected chi connectivity index (χ0v) is 7.09. The van der Waals surface area contributed by atoms with Crippen LogP contribution < -0.4 is 16.8 Å². The molecule has 0 saturated heterocycles. The van der Waals surface area contributed by atoms with E-state index in [9.17, 15) is 0 Å². The molecule has 1 unspecified atom stereocenters. The summed E-state index contributed by atoms with van der Waals surface area (Å²) in [6.07, 6.45) is 2.19. The molecular formula is C7H19N3O. The number of nitrogens with two attached hydrogens (primary N) is 2. The number of unbranched alkanes of at least 4 members (excludes halogenated alkanes) is 1. The van der Waals surface area contributed by atoms with E-state index in [0.29, 0.717) is 6.54 Å². The summed E-state index contributed by atoms with van der Waals surface area (Å²) in [4.78, 5) is 0. The molecule has 0 aliphatic carbocycles. The van der Waals surface area contributed by atoms with Crippen molar-refractivity contribution in [3.8, 4) is 0 Å². The van der Waals surface area contributed by atoms with E-state index in [2.05, 4.69) is 5.32 Å². The molecule has 0 aromatic rings. The molecule has 0 aliphatic heterocycles. The van der Waals surface area contributed by atoms with Gasteiger partial charge in [0.15, 0.2) is 0 Å². The molecule has 0 spiro atoms. The number of hydrogen-bond acceptors (Lipinski definition) is 4. The van der Waals surface area contributed by atoms with Crippen LogP contribution in [0.1, 0.15) is 19.3 Å². The summed E-state index contributed by atoms with van der Waals surface area (Å²) in [5, 5.41) is 11.8. The highest BCUT2D eigenvalue weighted by Crippen LogP contribution is 1.99. The predicted octanol–water partition coefficient (Wildman–Crippen LogP) is -1.02. The molecule has 2 atom stereocenters. The molecular weight excluding hydrogens is 142 g/mol. The molecule has 0 heterocycles. The molecule has 0 radical (unpaired) electrons. The van der Waals surface area contributed by atoms with Crippen molar-refractivity contribution in [1.29, 1.82) is 0 Å². The molecule has 0 fully saturated rings. The maximum Gasteiger partial charge on any atom is 0.119 e. The van der Waals surface area contributed by atoms with Gasteiger partial charge in [-0.1, -0.05) is 6.42 Å². The van der Waals surface area contributed by atoms with Crippen LogP contribution >= 0.6 is 0 Å². The van der Waals surface area contributed by atoms with E-state index < -0.39 is 6.23 Å². The van der Waals surface area contributed by atoms with E-state index in [-0.39, 0.29) is 6.04 Å². The molecule has 4 nitrogen and oxygen atoms in total. The molecule has 0 bridgehead atoms. The molecule has 0 rings (SSSR count). The van der Waals surface area contributed by atoms with Crippen molar-refractivity contribution in [2.75, 3.05) is 13.6 Å². The molecule has 6 N–H and O–H groups in total. The van der Waals surface area contributed by atoms with Crippen molar-refractivity contribution in [2.24, 2.45) is 11.5 Å². The zero-order valence-electron chi connectivity index (χ0n) is 7.09. The van der Waals surface area contributed by atoms with E-state index in [4.69, 9.17) is 16.6 Å². The predicted molar refractivity (Wildman–Crippen MR) is 45.9 cm³/mol. The number of hydrogen-bond donors (Lipinski definition) is 4. The Labute approximate surface area is 68.0 Å². The lowest BCUT2D eigenvalue weighted by molar-refractivity contribution is 0.113. The highest BCUT2D eigenvalue weighted by atomic mass is 16.3. The van der Waals surface area contributed by atoms with Gasteiger partial charge < -0.3 is 16.6 Å². The molecule has 0 aromatic carbocycles. The lowest BCUT2D eigenvalue weighted by atomic mass is 10.1. The van der Waals surface area contributed by atoms with Crippen LogP contribution in [0.25, 0.3) is 0 Å². The van der Waals surface area contributed by atoms with Crippen molar-refractivity contribution >= 4 is 0 Å². The molecule has 68 valence electrons. The number of likely N-dealkylation sites (N-methyl/N-ethyl adjacent to an activating group) is 1. The monoisotopic (exact) mass is 161 g/mol. The second-order valence-electron chi connectivity index (χ2n) is 2.68. The van der Waals surface area contributed by atoms with Gasteiger partial charge in [-0.3, -0.25) is 5.32 Å². The topological polar surface area (TPSA) is 84.3 Å². The van der Waals surface area contributed by atoms with Crippen LogP contribution in [0.15, 0.2) is 0 Å². The van der Waals surface area contributed by atoms with Crippen LogP contribution in [0.3, 0.4) is 0 Å². The normalized spacial score (nSPS) is 16.4. The third-order valence-corrected chi connectivity index (χ3v) is 1.69. The van der Waals surface area contributed by atoms with Gasteiger partial charge in [0.2, 0.25) is 0 Å². The molecule has 4 heteroatoms. The maximum absolute atomic E-state index is 9.16. The van der Waals surface area contributed by atoms with Crippen molar-refractivity contribution < 1.29 is 5.11 Å². The van der Waals surface area contributed by atoms with E-state index >= 15 is 0 Å². The maximum atomic E-state index is 9.16. The average Bonchev–Trinajstić information content (AvgIpc) is 2.03. The summed E-state index contributed by atoms with van der Waals surface area (Å²) < 4.78 is 0.